The first-order valence-electron chi connectivity index (χ1n) is 5.19. The Bertz CT molecular complexity index is 386. The third-order valence-electron chi connectivity index (χ3n) is 2.13. The van der Waals surface area contributed by atoms with E-state index in [0.29, 0.717) is 17.9 Å². The lowest BCUT2D eigenvalue weighted by Gasteiger charge is -2.09. The fourth-order valence-corrected chi connectivity index (χ4v) is 1.66. The molecule has 0 saturated carbocycles. The molecule has 1 aromatic carbocycles. The Morgan fingerprint density at radius 1 is 1.56 bits per heavy atom. The predicted octanol–water partition coefficient (Wildman–Crippen LogP) is 4.00. The zero-order chi connectivity index (χ0) is 12.0. The molecule has 0 amide bonds. The largest absolute Gasteiger partial charge is 0.493 e. The number of benzene rings is 1. The summed E-state index contributed by atoms with van der Waals surface area (Å²) < 4.78 is 6.50. The van der Waals surface area contributed by atoms with Crippen molar-refractivity contribution < 1.29 is 9.53 Å². The van der Waals surface area contributed by atoms with Crippen LogP contribution in [0, 0.1) is 0 Å². The van der Waals surface area contributed by atoms with Crippen LogP contribution in [0.25, 0.3) is 0 Å². The second-order valence-electron chi connectivity index (χ2n) is 3.48. The smallest absolute Gasteiger partial charge is 0.163 e. The molecule has 0 bridgehead atoms. The number of carbonyl (C=O) groups excluding carboxylic acids is 1. The Labute approximate surface area is 104 Å². The van der Waals surface area contributed by atoms with Gasteiger partial charge in [0.05, 0.1) is 12.2 Å². The van der Waals surface area contributed by atoms with Crippen LogP contribution in [0.3, 0.4) is 0 Å². The molecule has 2 nitrogen and oxygen atoms in total. The van der Waals surface area contributed by atoms with Gasteiger partial charge in [0.25, 0.3) is 0 Å². The van der Waals surface area contributed by atoms with Gasteiger partial charge in [0.2, 0.25) is 0 Å². The van der Waals surface area contributed by atoms with Crippen molar-refractivity contribution >= 4 is 21.7 Å². The molecule has 1 rings (SSSR count). The molecule has 0 heterocycles. The number of hydrogen-bond donors (Lipinski definition) is 0. The van der Waals surface area contributed by atoms with Gasteiger partial charge >= 0.3 is 0 Å². The fourth-order valence-electron chi connectivity index (χ4n) is 1.32. The summed E-state index contributed by atoms with van der Waals surface area (Å²) >= 11 is 3.36. The topological polar surface area (TPSA) is 26.3 Å². The van der Waals surface area contributed by atoms with Gasteiger partial charge in [-0.1, -0.05) is 22.0 Å². The van der Waals surface area contributed by atoms with E-state index in [1.807, 2.05) is 18.2 Å². The highest BCUT2D eigenvalue weighted by atomic mass is 79.9. The number of rotatable bonds is 6. The molecule has 1 aromatic rings. The number of Topliss-reactive ketones (excluding diaryl/α,β-unsaturated/α-hetero) is 1. The highest BCUT2D eigenvalue weighted by Crippen LogP contribution is 2.24. The van der Waals surface area contributed by atoms with Gasteiger partial charge in [0, 0.05) is 4.47 Å². The summed E-state index contributed by atoms with van der Waals surface area (Å²) in [6.07, 6.45) is 3.69. The molecule has 0 aliphatic rings. The van der Waals surface area contributed by atoms with Gasteiger partial charge < -0.3 is 4.74 Å². The van der Waals surface area contributed by atoms with E-state index in [1.54, 1.807) is 13.0 Å². The van der Waals surface area contributed by atoms with Gasteiger partial charge in [-0.05, 0) is 38.0 Å². The molecular weight excluding hydrogens is 268 g/mol. The Morgan fingerprint density at radius 3 is 2.94 bits per heavy atom. The molecule has 0 unspecified atom stereocenters. The van der Waals surface area contributed by atoms with Crippen molar-refractivity contribution in [2.75, 3.05) is 6.61 Å². The molecule has 0 atom stereocenters. The molecule has 0 aromatic heterocycles. The van der Waals surface area contributed by atoms with Gasteiger partial charge in [-0.3, -0.25) is 4.79 Å². The van der Waals surface area contributed by atoms with Crippen LogP contribution in [0.4, 0.5) is 0 Å². The minimum atomic E-state index is 0.0196. The van der Waals surface area contributed by atoms with Crippen LogP contribution in [0.5, 0.6) is 5.75 Å². The zero-order valence-electron chi connectivity index (χ0n) is 9.33. The molecule has 0 radical (unpaired) electrons. The summed E-state index contributed by atoms with van der Waals surface area (Å²) in [6, 6.07) is 5.44. The molecule has 0 N–H and O–H groups in total. The average molecular weight is 283 g/mol. The van der Waals surface area contributed by atoms with Crippen LogP contribution in [0.2, 0.25) is 0 Å². The van der Waals surface area contributed by atoms with Gasteiger partial charge in [0.15, 0.2) is 5.78 Å². The third-order valence-corrected chi connectivity index (χ3v) is 2.63. The van der Waals surface area contributed by atoms with E-state index in [0.717, 1.165) is 17.3 Å². The summed E-state index contributed by atoms with van der Waals surface area (Å²) in [4.78, 5) is 11.4. The Hall–Kier alpha value is -1.09. The quantitative estimate of drug-likeness (QED) is 0.448. The third kappa shape index (κ3) is 3.81. The summed E-state index contributed by atoms with van der Waals surface area (Å²) in [5.74, 6) is 0.664. The molecule has 0 aliphatic carbocycles. The van der Waals surface area contributed by atoms with Crippen LogP contribution in [0.1, 0.15) is 30.1 Å². The summed E-state index contributed by atoms with van der Waals surface area (Å²) in [7, 11) is 0. The van der Waals surface area contributed by atoms with E-state index in [1.165, 1.54) is 0 Å². The van der Waals surface area contributed by atoms with Gasteiger partial charge in [-0.25, -0.2) is 0 Å². The van der Waals surface area contributed by atoms with E-state index in [2.05, 4.69) is 22.5 Å². The molecule has 0 fully saturated rings. The first kappa shape index (κ1) is 13.0. The Kier molecular flexibility index (Phi) is 5.26. The van der Waals surface area contributed by atoms with Crippen LogP contribution >= 0.6 is 15.9 Å². The number of halogens is 1. The van der Waals surface area contributed by atoms with E-state index in [4.69, 9.17) is 4.74 Å². The van der Waals surface area contributed by atoms with Gasteiger partial charge in [0.1, 0.15) is 5.75 Å². The Balaban J connectivity index is 2.72. The highest BCUT2D eigenvalue weighted by Gasteiger charge is 2.08. The number of unbranched alkanes of at least 4 members (excludes halogenated alkanes) is 1. The lowest BCUT2D eigenvalue weighted by Crippen LogP contribution is -2.02. The standard InChI is InChI=1S/C13H15BrO2/c1-3-4-5-8-16-13-9-11(14)6-7-12(13)10(2)15/h3,6-7,9H,1,4-5,8H2,2H3. The number of hydrogen-bond acceptors (Lipinski definition) is 2. The van der Waals surface area contributed by atoms with Crippen molar-refractivity contribution in [1.82, 2.24) is 0 Å². The molecule has 0 spiro atoms. The number of ether oxygens (including phenoxy) is 1. The van der Waals surface area contributed by atoms with E-state index < -0.39 is 0 Å². The minimum Gasteiger partial charge on any atom is -0.493 e. The maximum absolute atomic E-state index is 11.4. The summed E-state index contributed by atoms with van der Waals surface area (Å²) in [6.45, 7) is 5.79. The molecule has 3 heteroatoms. The van der Waals surface area contributed by atoms with E-state index in [9.17, 15) is 4.79 Å². The highest BCUT2D eigenvalue weighted by molar-refractivity contribution is 9.10. The van der Waals surface area contributed by atoms with Crippen LogP contribution in [-0.4, -0.2) is 12.4 Å². The molecule has 86 valence electrons. The number of carbonyl (C=O) groups is 1. The second kappa shape index (κ2) is 6.48. The first-order chi connectivity index (χ1) is 7.65. The van der Waals surface area contributed by atoms with E-state index in [-0.39, 0.29) is 5.78 Å². The summed E-state index contributed by atoms with van der Waals surface area (Å²) in [5, 5.41) is 0. The average Bonchev–Trinajstić information content (AvgIpc) is 2.24. The van der Waals surface area contributed by atoms with Crippen LogP contribution < -0.4 is 4.74 Å². The molecular formula is C13H15BrO2. The predicted molar refractivity (Wildman–Crippen MR) is 69.1 cm³/mol. The van der Waals surface area contributed by atoms with Crippen molar-refractivity contribution in [2.45, 2.75) is 19.8 Å². The van der Waals surface area contributed by atoms with Gasteiger partial charge in [-0.15, -0.1) is 6.58 Å². The van der Waals surface area contributed by atoms with E-state index >= 15 is 0 Å². The lowest BCUT2D eigenvalue weighted by molar-refractivity contribution is 0.101. The lowest BCUT2D eigenvalue weighted by atomic mass is 10.1. The van der Waals surface area contributed by atoms with Gasteiger partial charge in [-0.2, -0.15) is 0 Å². The van der Waals surface area contributed by atoms with Crippen molar-refractivity contribution in [3.8, 4) is 5.75 Å². The molecule has 0 aliphatic heterocycles. The molecule has 16 heavy (non-hydrogen) atoms. The van der Waals surface area contributed by atoms with Crippen LogP contribution in [0.15, 0.2) is 35.3 Å². The maximum Gasteiger partial charge on any atom is 0.163 e. The number of ketones is 1. The number of allylic oxidation sites excluding steroid dienone is 1. The normalized spacial score (nSPS) is 9.88. The van der Waals surface area contributed by atoms with Crippen molar-refractivity contribution in [3.05, 3.63) is 40.9 Å². The Morgan fingerprint density at radius 2 is 2.31 bits per heavy atom. The second-order valence-corrected chi connectivity index (χ2v) is 4.39. The zero-order valence-corrected chi connectivity index (χ0v) is 10.9. The SMILES string of the molecule is C=CCCCOc1cc(Br)ccc1C(C)=O. The summed E-state index contributed by atoms with van der Waals surface area (Å²) in [5.41, 5.74) is 0.627. The monoisotopic (exact) mass is 282 g/mol. The first-order valence-corrected chi connectivity index (χ1v) is 5.98. The maximum atomic E-state index is 11.4. The minimum absolute atomic E-state index is 0.0196. The van der Waals surface area contributed by atoms with Crippen LogP contribution in [-0.2, 0) is 0 Å². The van der Waals surface area contributed by atoms with Crippen molar-refractivity contribution in [2.24, 2.45) is 0 Å². The van der Waals surface area contributed by atoms with Crippen molar-refractivity contribution in [3.63, 3.8) is 0 Å². The molecule has 0 saturated heterocycles. The fraction of sp³-hybridized carbons (Fsp3) is 0.308. The van der Waals surface area contributed by atoms with Crippen molar-refractivity contribution in [1.29, 1.82) is 0 Å².